The Kier molecular flexibility index (Phi) is 4.17. The van der Waals surface area contributed by atoms with Crippen LogP contribution in [-0.2, 0) is 0 Å². The van der Waals surface area contributed by atoms with E-state index in [1.807, 2.05) is 0 Å². The van der Waals surface area contributed by atoms with Crippen LogP contribution in [0.2, 0.25) is 0 Å². The van der Waals surface area contributed by atoms with Crippen LogP contribution in [0.25, 0.3) is 0 Å². The normalized spacial score (nSPS) is 50.9. The van der Waals surface area contributed by atoms with Gasteiger partial charge < -0.3 is 5.11 Å². The maximum absolute atomic E-state index is 11.7. The highest BCUT2D eigenvalue weighted by Crippen LogP contribution is 2.72. The second-order valence-corrected chi connectivity index (χ2v) is 13.8. The van der Waals surface area contributed by atoms with Crippen molar-refractivity contribution in [1.29, 1.82) is 0 Å². The average Bonchev–Trinajstić information content (AvgIpc) is 2.63. The van der Waals surface area contributed by atoms with Crippen LogP contribution < -0.4 is 0 Å². The van der Waals surface area contributed by atoms with Gasteiger partial charge in [-0.15, -0.1) is 0 Å². The highest BCUT2D eigenvalue weighted by Gasteiger charge is 2.64. The topological polar surface area (TPSA) is 20.2 Å². The second-order valence-electron chi connectivity index (χ2n) is 13.8. The number of aliphatic hydroxyl groups is 1. The van der Waals surface area contributed by atoms with E-state index >= 15 is 0 Å². The molecule has 0 radical (unpaired) electrons. The molecule has 0 bridgehead atoms. The first kappa shape index (κ1) is 21.0. The minimum Gasteiger partial charge on any atom is -0.389 e. The molecule has 30 heavy (non-hydrogen) atoms. The number of hydrogen-bond donors (Lipinski definition) is 1. The van der Waals surface area contributed by atoms with E-state index in [-0.39, 0.29) is 21.7 Å². The summed E-state index contributed by atoms with van der Waals surface area (Å²) < 4.78 is 0. The summed E-state index contributed by atoms with van der Waals surface area (Å²) in [4.78, 5) is 0. The smallest absolute Gasteiger partial charge is 0.0713 e. The van der Waals surface area contributed by atoms with Crippen LogP contribution in [0.5, 0.6) is 0 Å². The van der Waals surface area contributed by atoms with Gasteiger partial charge in [0.05, 0.1) is 5.60 Å². The molecule has 0 spiro atoms. The van der Waals surface area contributed by atoms with E-state index in [9.17, 15) is 5.11 Å². The van der Waals surface area contributed by atoms with E-state index in [1.165, 1.54) is 19.3 Å². The zero-order chi connectivity index (χ0) is 21.8. The van der Waals surface area contributed by atoms with Crippen LogP contribution in [0.15, 0.2) is 35.5 Å². The fourth-order valence-electron chi connectivity index (χ4n) is 9.16. The summed E-state index contributed by atoms with van der Waals surface area (Å²) in [6, 6.07) is 0. The van der Waals surface area contributed by atoms with Gasteiger partial charge in [0.25, 0.3) is 0 Å². The van der Waals surface area contributed by atoms with Gasteiger partial charge in [-0.2, -0.15) is 0 Å². The minimum absolute atomic E-state index is 0.181. The van der Waals surface area contributed by atoms with Gasteiger partial charge in [0.1, 0.15) is 0 Å². The minimum atomic E-state index is -0.473. The predicted molar refractivity (Wildman–Crippen MR) is 126 cm³/mol. The molecule has 0 aliphatic heterocycles. The first-order valence-electron chi connectivity index (χ1n) is 12.6. The molecule has 1 nitrogen and oxygen atoms in total. The van der Waals surface area contributed by atoms with Gasteiger partial charge >= 0.3 is 0 Å². The molecule has 3 fully saturated rings. The Bertz CT molecular complexity index is 856. The van der Waals surface area contributed by atoms with Crippen molar-refractivity contribution in [2.45, 2.75) is 105 Å². The second kappa shape index (κ2) is 5.94. The van der Waals surface area contributed by atoms with Crippen molar-refractivity contribution < 1.29 is 5.11 Å². The maximum atomic E-state index is 11.7. The molecule has 0 saturated heterocycles. The zero-order valence-corrected chi connectivity index (χ0v) is 20.6. The highest BCUT2D eigenvalue weighted by atomic mass is 16.3. The lowest BCUT2D eigenvalue weighted by atomic mass is 9.37. The fraction of sp³-hybridized carbons (Fsp3) is 0.793. The van der Waals surface area contributed by atoms with Crippen LogP contribution in [-0.4, -0.2) is 10.7 Å². The average molecular weight is 409 g/mol. The molecule has 0 heterocycles. The van der Waals surface area contributed by atoms with Crippen LogP contribution in [0.3, 0.4) is 0 Å². The van der Waals surface area contributed by atoms with Crippen LogP contribution in [0.1, 0.15) is 99.8 Å². The van der Waals surface area contributed by atoms with Gasteiger partial charge in [-0.05, 0) is 84.4 Å². The molecule has 0 amide bonds. The third-order valence-electron chi connectivity index (χ3n) is 11.3. The van der Waals surface area contributed by atoms with Crippen LogP contribution in [0, 0.1) is 38.9 Å². The lowest BCUT2D eigenvalue weighted by molar-refractivity contribution is -0.121. The molecule has 3 saturated carbocycles. The Hall–Kier alpha value is -0.820. The number of fused-ring (bicyclic) bond motifs is 7. The molecule has 0 aromatic heterocycles. The summed E-state index contributed by atoms with van der Waals surface area (Å²) in [6.07, 6.45) is 19.2. The lowest BCUT2D eigenvalue weighted by Crippen LogP contribution is -2.60. The van der Waals surface area contributed by atoms with Gasteiger partial charge in [0.2, 0.25) is 0 Å². The van der Waals surface area contributed by atoms with Crippen molar-refractivity contribution in [1.82, 2.24) is 0 Å². The van der Waals surface area contributed by atoms with Gasteiger partial charge in [0, 0.05) is 5.92 Å². The molecule has 2 unspecified atom stereocenters. The molecule has 0 aromatic rings. The quantitative estimate of drug-likeness (QED) is 0.409. The van der Waals surface area contributed by atoms with Gasteiger partial charge in [-0.1, -0.05) is 83.9 Å². The summed E-state index contributed by atoms with van der Waals surface area (Å²) in [5.74, 6) is 1.06. The van der Waals surface area contributed by atoms with Gasteiger partial charge in [-0.25, -0.2) is 0 Å². The Balaban J connectivity index is 1.64. The predicted octanol–water partition coefficient (Wildman–Crippen LogP) is 7.62. The first-order chi connectivity index (χ1) is 13.8. The molecule has 1 heteroatoms. The van der Waals surface area contributed by atoms with E-state index in [0.717, 1.165) is 38.0 Å². The largest absolute Gasteiger partial charge is 0.389 e. The monoisotopic (exact) mass is 408 g/mol. The van der Waals surface area contributed by atoms with E-state index in [0.29, 0.717) is 11.3 Å². The summed E-state index contributed by atoms with van der Waals surface area (Å²) >= 11 is 0. The molecular formula is C29H44O. The van der Waals surface area contributed by atoms with E-state index in [1.54, 1.807) is 11.1 Å². The van der Waals surface area contributed by atoms with Crippen molar-refractivity contribution in [3.63, 3.8) is 0 Å². The van der Waals surface area contributed by atoms with E-state index in [4.69, 9.17) is 0 Å². The number of rotatable bonds is 0. The van der Waals surface area contributed by atoms with Crippen molar-refractivity contribution in [2.24, 2.45) is 38.9 Å². The zero-order valence-electron chi connectivity index (χ0n) is 20.6. The third-order valence-corrected chi connectivity index (χ3v) is 11.3. The SMILES string of the molecule is CC1(C)CC[C@]2(O)CC[C@]3(C)C(=CC=C4[C@@]5(C)CC=CC(C)(C)C5CC[C@]43C)C2C1. The van der Waals surface area contributed by atoms with Crippen LogP contribution >= 0.6 is 0 Å². The molecule has 5 rings (SSSR count). The summed E-state index contributed by atoms with van der Waals surface area (Å²) in [5.41, 5.74) is 4.10. The van der Waals surface area contributed by atoms with Gasteiger partial charge in [-0.3, -0.25) is 0 Å². The molecular weight excluding hydrogens is 364 g/mol. The highest BCUT2D eigenvalue weighted by molar-refractivity contribution is 5.46. The summed E-state index contributed by atoms with van der Waals surface area (Å²) in [5, 5.41) is 11.7. The molecule has 1 N–H and O–H groups in total. The first-order valence-corrected chi connectivity index (χ1v) is 12.6. The van der Waals surface area contributed by atoms with Crippen molar-refractivity contribution in [2.75, 3.05) is 0 Å². The van der Waals surface area contributed by atoms with Crippen molar-refractivity contribution in [3.05, 3.63) is 35.5 Å². The number of hydrogen-bond acceptors (Lipinski definition) is 1. The molecule has 6 atom stereocenters. The lowest BCUT2D eigenvalue weighted by Gasteiger charge is -2.67. The standard InChI is InChI=1S/C29H44O/c1-24(2)15-17-29(30)18-16-27(6)20(21(29)19-24)9-10-23-26(5)13-8-12-25(3,4)22(26)11-14-28(23,27)7/h8-10,12,21-22,30H,11,13-19H2,1-7H3/t21?,22?,26-,27+,28+,29-/m0/s1. The number of allylic oxidation sites excluding steroid dienone is 5. The van der Waals surface area contributed by atoms with Crippen molar-refractivity contribution in [3.8, 4) is 0 Å². The third kappa shape index (κ3) is 2.51. The Morgan fingerprint density at radius 2 is 1.53 bits per heavy atom. The Labute approximate surface area is 185 Å². The summed E-state index contributed by atoms with van der Waals surface area (Å²) in [7, 11) is 0. The van der Waals surface area contributed by atoms with Crippen molar-refractivity contribution >= 4 is 0 Å². The molecule has 166 valence electrons. The maximum Gasteiger partial charge on any atom is 0.0713 e. The Morgan fingerprint density at radius 1 is 0.833 bits per heavy atom. The van der Waals surface area contributed by atoms with E-state index in [2.05, 4.69) is 72.8 Å². The molecule has 5 aliphatic carbocycles. The molecule has 0 aromatic carbocycles. The summed E-state index contributed by atoms with van der Waals surface area (Å²) in [6.45, 7) is 17.5. The van der Waals surface area contributed by atoms with Gasteiger partial charge in [0.15, 0.2) is 0 Å². The van der Waals surface area contributed by atoms with E-state index < -0.39 is 5.60 Å². The molecule has 5 aliphatic rings. The Morgan fingerprint density at radius 3 is 2.27 bits per heavy atom. The fourth-order valence-corrected chi connectivity index (χ4v) is 9.16. The van der Waals surface area contributed by atoms with Crippen LogP contribution in [0.4, 0.5) is 0 Å².